The Labute approximate surface area is 110 Å². The Hall–Kier alpha value is -1.20. The van der Waals surface area contributed by atoms with E-state index in [1.807, 2.05) is 0 Å². The van der Waals surface area contributed by atoms with E-state index in [4.69, 9.17) is 4.74 Å². The van der Waals surface area contributed by atoms with Crippen LogP contribution in [-0.2, 0) is 21.6 Å². The van der Waals surface area contributed by atoms with E-state index in [0.717, 1.165) is 19.3 Å². The van der Waals surface area contributed by atoms with Gasteiger partial charge in [-0.2, -0.15) is 0 Å². The van der Waals surface area contributed by atoms with Gasteiger partial charge in [-0.3, -0.25) is 9.00 Å². The Morgan fingerprint density at radius 1 is 1.28 bits per heavy atom. The Kier molecular flexibility index (Phi) is 6.60. The SMILES string of the molecule is CCCCCC(=O)Oc1ccc(CS(=O)[O-])cc1. The van der Waals surface area contributed by atoms with E-state index in [0.29, 0.717) is 17.7 Å². The molecular formula is C13H17O4S-. The molecule has 0 spiro atoms. The minimum absolute atomic E-state index is 0.0231. The summed E-state index contributed by atoms with van der Waals surface area (Å²) in [5, 5.41) is 0. The van der Waals surface area contributed by atoms with Crippen molar-refractivity contribution in [3.63, 3.8) is 0 Å². The summed E-state index contributed by atoms with van der Waals surface area (Å²) in [6.45, 7) is 2.07. The summed E-state index contributed by atoms with van der Waals surface area (Å²) in [4.78, 5) is 11.4. The van der Waals surface area contributed by atoms with Crippen LogP contribution in [0.3, 0.4) is 0 Å². The lowest BCUT2D eigenvalue weighted by atomic mass is 10.2. The standard InChI is InChI=1S/C13H18O4S/c1-2-3-4-5-13(14)17-12-8-6-11(7-9-12)10-18(15)16/h6-9H,2-5,10H2,1H3,(H,15,16)/p-1. The largest absolute Gasteiger partial charge is 0.772 e. The molecule has 0 amide bonds. The van der Waals surface area contributed by atoms with Crippen molar-refractivity contribution in [3.05, 3.63) is 29.8 Å². The second-order valence-corrected chi connectivity index (χ2v) is 4.92. The average Bonchev–Trinajstić information content (AvgIpc) is 2.31. The van der Waals surface area contributed by atoms with Crippen LogP contribution in [0.4, 0.5) is 0 Å². The van der Waals surface area contributed by atoms with Crippen LogP contribution in [0.5, 0.6) is 5.75 Å². The normalized spacial score (nSPS) is 12.1. The predicted octanol–water partition coefficient (Wildman–Crippen LogP) is 2.55. The number of carbonyl (C=O) groups excluding carboxylic acids is 1. The van der Waals surface area contributed by atoms with Crippen LogP contribution in [0.15, 0.2) is 24.3 Å². The molecule has 1 atom stereocenters. The molecular weight excluding hydrogens is 252 g/mol. The van der Waals surface area contributed by atoms with E-state index in [2.05, 4.69) is 6.92 Å². The third kappa shape index (κ3) is 5.93. The van der Waals surface area contributed by atoms with Crippen molar-refractivity contribution in [2.75, 3.05) is 0 Å². The number of esters is 1. The molecule has 1 unspecified atom stereocenters. The first-order chi connectivity index (χ1) is 8.61. The summed E-state index contributed by atoms with van der Waals surface area (Å²) in [7, 11) is 0. The zero-order chi connectivity index (χ0) is 13.4. The summed E-state index contributed by atoms with van der Waals surface area (Å²) in [6.07, 6.45) is 3.33. The van der Waals surface area contributed by atoms with Crippen molar-refractivity contribution < 1.29 is 18.3 Å². The van der Waals surface area contributed by atoms with Crippen molar-refractivity contribution in [3.8, 4) is 5.75 Å². The van der Waals surface area contributed by atoms with E-state index in [9.17, 15) is 13.6 Å². The second kappa shape index (κ2) is 8.00. The van der Waals surface area contributed by atoms with Crippen molar-refractivity contribution in [2.45, 2.75) is 38.4 Å². The maximum Gasteiger partial charge on any atom is 0.311 e. The van der Waals surface area contributed by atoms with Gasteiger partial charge in [0.1, 0.15) is 5.75 Å². The minimum atomic E-state index is -2.10. The monoisotopic (exact) mass is 269 g/mol. The summed E-state index contributed by atoms with van der Waals surface area (Å²) in [6, 6.07) is 6.51. The number of unbranched alkanes of at least 4 members (excludes halogenated alkanes) is 2. The van der Waals surface area contributed by atoms with Crippen LogP contribution in [0, 0.1) is 0 Å². The highest BCUT2D eigenvalue weighted by Gasteiger charge is 2.04. The van der Waals surface area contributed by atoms with Crippen LogP contribution in [0.2, 0.25) is 0 Å². The van der Waals surface area contributed by atoms with E-state index in [-0.39, 0.29) is 11.7 Å². The second-order valence-electron chi connectivity index (χ2n) is 4.02. The molecule has 1 aromatic carbocycles. The summed E-state index contributed by atoms with van der Waals surface area (Å²) in [5.41, 5.74) is 0.675. The van der Waals surface area contributed by atoms with Crippen LogP contribution < -0.4 is 4.74 Å². The Morgan fingerprint density at radius 2 is 1.94 bits per heavy atom. The first kappa shape index (κ1) is 14.9. The molecule has 0 radical (unpaired) electrons. The highest BCUT2D eigenvalue weighted by Crippen LogP contribution is 2.14. The molecule has 4 nitrogen and oxygen atoms in total. The van der Waals surface area contributed by atoms with Gasteiger partial charge in [-0.25, -0.2) is 0 Å². The van der Waals surface area contributed by atoms with Gasteiger partial charge in [0.2, 0.25) is 0 Å². The molecule has 5 heteroatoms. The zero-order valence-electron chi connectivity index (χ0n) is 10.4. The Bertz CT molecular complexity index is 400. The number of carbonyl (C=O) groups is 1. The van der Waals surface area contributed by atoms with E-state index in [1.165, 1.54) is 0 Å². The van der Waals surface area contributed by atoms with Gasteiger partial charge >= 0.3 is 5.97 Å². The van der Waals surface area contributed by atoms with Gasteiger partial charge in [0, 0.05) is 12.2 Å². The minimum Gasteiger partial charge on any atom is -0.772 e. The predicted molar refractivity (Wildman–Crippen MR) is 68.8 cm³/mol. The molecule has 0 aliphatic heterocycles. The summed E-state index contributed by atoms with van der Waals surface area (Å²) < 4.78 is 26.1. The van der Waals surface area contributed by atoms with Crippen LogP contribution in [0.1, 0.15) is 38.2 Å². The number of hydrogen-bond acceptors (Lipinski definition) is 4. The fourth-order valence-electron chi connectivity index (χ4n) is 1.49. The number of benzene rings is 1. The fraction of sp³-hybridized carbons (Fsp3) is 0.462. The average molecular weight is 269 g/mol. The highest BCUT2D eigenvalue weighted by atomic mass is 32.2. The van der Waals surface area contributed by atoms with Crippen molar-refractivity contribution >= 4 is 17.0 Å². The van der Waals surface area contributed by atoms with Gasteiger partial charge < -0.3 is 9.29 Å². The topological polar surface area (TPSA) is 66.4 Å². The molecule has 100 valence electrons. The van der Waals surface area contributed by atoms with Crippen LogP contribution in [-0.4, -0.2) is 14.7 Å². The first-order valence-electron chi connectivity index (χ1n) is 5.97. The smallest absolute Gasteiger partial charge is 0.311 e. The van der Waals surface area contributed by atoms with Crippen LogP contribution in [0.25, 0.3) is 0 Å². The highest BCUT2D eigenvalue weighted by molar-refractivity contribution is 7.78. The van der Waals surface area contributed by atoms with Crippen molar-refractivity contribution in [1.82, 2.24) is 0 Å². The third-order valence-electron chi connectivity index (χ3n) is 2.42. The molecule has 0 aromatic heterocycles. The number of hydrogen-bond donors (Lipinski definition) is 0. The molecule has 0 heterocycles. The lowest BCUT2D eigenvalue weighted by Crippen LogP contribution is -2.07. The molecule has 1 rings (SSSR count). The molecule has 0 aliphatic rings. The van der Waals surface area contributed by atoms with Crippen molar-refractivity contribution in [1.29, 1.82) is 0 Å². The zero-order valence-corrected chi connectivity index (χ0v) is 11.2. The molecule has 0 bridgehead atoms. The van der Waals surface area contributed by atoms with Gasteiger partial charge in [0.15, 0.2) is 0 Å². The molecule has 0 saturated carbocycles. The molecule has 1 aromatic rings. The van der Waals surface area contributed by atoms with Gasteiger partial charge in [0.05, 0.1) is 0 Å². The van der Waals surface area contributed by atoms with Gasteiger partial charge in [-0.15, -0.1) is 0 Å². The molecule has 18 heavy (non-hydrogen) atoms. The number of rotatable bonds is 7. The lowest BCUT2D eigenvalue weighted by molar-refractivity contribution is -0.134. The summed E-state index contributed by atoms with van der Waals surface area (Å²) >= 11 is -2.10. The van der Waals surface area contributed by atoms with Crippen molar-refractivity contribution in [2.24, 2.45) is 0 Å². The molecule has 0 saturated heterocycles. The van der Waals surface area contributed by atoms with E-state index >= 15 is 0 Å². The third-order valence-corrected chi connectivity index (χ3v) is 2.99. The quantitative estimate of drug-likeness (QED) is 0.330. The Morgan fingerprint density at radius 3 is 2.50 bits per heavy atom. The van der Waals surface area contributed by atoms with Crippen LogP contribution >= 0.6 is 0 Å². The van der Waals surface area contributed by atoms with Gasteiger partial charge in [-0.1, -0.05) is 43.0 Å². The Balaban J connectivity index is 2.43. The molecule has 0 fully saturated rings. The maximum absolute atomic E-state index is 11.4. The van der Waals surface area contributed by atoms with Gasteiger partial charge in [-0.05, 0) is 24.1 Å². The van der Waals surface area contributed by atoms with E-state index < -0.39 is 11.1 Å². The fourth-order valence-corrected chi connectivity index (χ4v) is 1.96. The number of ether oxygens (including phenoxy) is 1. The first-order valence-corrected chi connectivity index (χ1v) is 7.21. The van der Waals surface area contributed by atoms with Gasteiger partial charge in [0.25, 0.3) is 0 Å². The lowest BCUT2D eigenvalue weighted by Gasteiger charge is -2.07. The summed E-state index contributed by atoms with van der Waals surface area (Å²) in [5.74, 6) is 0.186. The molecule has 0 aliphatic carbocycles. The molecule has 0 N–H and O–H groups in total. The maximum atomic E-state index is 11.4. The van der Waals surface area contributed by atoms with E-state index in [1.54, 1.807) is 24.3 Å².